The molecule has 0 atom stereocenters. The van der Waals surface area contributed by atoms with Crippen molar-refractivity contribution >= 4 is 16.8 Å². The number of aromatic nitrogens is 1. The highest BCUT2D eigenvalue weighted by molar-refractivity contribution is 5.80. The molecule has 1 aromatic heterocycles. The number of carbonyl (C=O) groups excluding carboxylic acids is 1. The summed E-state index contributed by atoms with van der Waals surface area (Å²) in [5, 5.41) is 3.89. The zero-order chi connectivity index (χ0) is 19.2. The second kappa shape index (κ2) is 8.58. The molecule has 0 saturated heterocycles. The van der Waals surface area contributed by atoms with E-state index in [1.165, 1.54) is 12.1 Å². The van der Waals surface area contributed by atoms with Crippen LogP contribution in [0.2, 0.25) is 0 Å². The Labute approximate surface area is 157 Å². The number of nitrogens with zero attached hydrogens (tertiary/aromatic N) is 1. The summed E-state index contributed by atoms with van der Waals surface area (Å²) in [4.78, 5) is 12.1. The summed E-state index contributed by atoms with van der Waals surface area (Å²) < 4.78 is 25.8. The van der Waals surface area contributed by atoms with Crippen molar-refractivity contribution in [1.82, 2.24) is 9.88 Å². The van der Waals surface area contributed by atoms with E-state index in [2.05, 4.69) is 5.32 Å². The summed E-state index contributed by atoms with van der Waals surface area (Å²) in [6.07, 6.45) is 2.90. The number of ether oxygens (including phenoxy) is 2. The number of hydrogen-bond acceptors (Lipinski definition) is 3. The molecular weight excluding hydrogens is 347 g/mol. The van der Waals surface area contributed by atoms with Gasteiger partial charge in [0.1, 0.15) is 5.82 Å². The molecule has 0 aliphatic carbocycles. The maximum atomic E-state index is 13.4. The van der Waals surface area contributed by atoms with Crippen molar-refractivity contribution < 1.29 is 18.7 Å². The van der Waals surface area contributed by atoms with Gasteiger partial charge in [-0.2, -0.15) is 0 Å². The molecule has 6 heteroatoms. The van der Waals surface area contributed by atoms with Crippen LogP contribution >= 0.6 is 0 Å². The molecule has 27 heavy (non-hydrogen) atoms. The van der Waals surface area contributed by atoms with Gasteiger partial charge < -0.3 is 19.4 Å². The Bertz CT molecular complexity index is 936. The third-order valence-corrected chi connectivity index (χ3v) is 4.50. The molecule has 142 valence electrons. The maximum absolute atomic E-state index is 13.4. The lowest BCUT2D eigenvalue weighted by molar-refractivity contribution is -0.121. The number of benzene rings is 2. The molecule has 5 nitrogen and oxygen atoms in total. The van der Waals surface area contributed by atoms with Crippen LogP contribution in [0.3, 0.4) is 0 Å². The molecule has 0 unspecified atom stereocenters. The lowest BCUT2D eigenvalue weighted by Gasteiger charge is -2.10. The van der Waals surface area contributed by atoms with Crippen LogP contribution in [0, 0.1) is 5.82 Å². The van der Waals surface area contributed by atoms with Crippen LogP contribution in [0.1, 0.15) is 12.0 Å². The zero-order valence-corrected chi connectivity index (χ0v) is 15.5. The van der Waals surface area contributed by atoms with Crippen LogP contribution in [0.25, 0.3) is 10.9 Å². The standard InChI is InChI=1S/C21H23FN2O3/c1-26-19-7-3-15(13-20(19)27-2)4-8-21(25)23-10-12-24-11-9-16-5-6-17(22)14-18(16)24/h3,5-7,9,11,13-14H,4,8,10,12H2,1-2H3,(H,23,25). The van der Waals surface area contributed by atoms with Gasteiger partial charge in [0.25, 0.3) is 0 Å². The Morgan fingerprint density at radius 1 is 1.07 bits per heavy atom. The van der Waals surface area contributed by atoms with Gasteiger partial charge >= 0.3 is 0 Å². The third kappa shape index (κ3) is 4.58. The van der Waals surface area contributed by atoms with Crippen LogP contribution in [-0.4, -0.2) is 31.2 Å². The molecule has 1 amide bonds. The van der Waals surface area contributed by atoms with E-state index in [-0.39, 0.29) is 11.7 Å². The van der Waals surface area contributed by atoms with E-state index in [9.17, 15) is 9.18 Å². The number of carbonyl (C=O) groups is 1. The van der Waals surface area contributed by atoms with E-state index in [1.54, 1.807) is 20.3 Å². The van der Waals surface area contributed by atoms with Crippen molar-refractivity contribution in [3.8, 4) is 11.5 Å². The fourth-order valence-corrected chi connectivity index (χ4v) is 3.05. The van der Waals surface area contributed by atoms with Crippen LogP contribution in [0.4, 0.5) is 4.39 Å². The van der Waals surface area contributed by atoms with Gasteiger partial charge in [-0.25, -0.2) is 4.39 Å². The highest BCUT2D eigenvalue weighted by Crippen LogP contribution is 2.27. The Morgan fingerprint density at radius 2 is 1.89 bits per heavy atom. The lowest BCUT2D eigenvalue weighted by Crippen LogP contribution is -2.27. The maximum Gasteiger partial charge on any atom is 0.220 e. The number of hydrogen-bond donors (Lipinski definition) is 1. The second-order valence-electron chi connectivity index (χ2n) is 6.25. The highest BCUT2D eigenvalue weighted by atomic mass is 19.1. The van der Waals surface area contributed by atoms with Crippen molar-refractivity contribution in [3.63, 3.8) is 0 Å². The molecule has 0 saturated carbocycles. The molecule has 3 aromatic rings. The number of fused-ring (bicyclic) bond motifs is 1. The van der Waals surface area contributed by atoms with E-state index >= 15 is 0 Å². The first-order valence-corrected chi connectivity index (χ1v) is 8.82. The smallest absolute Gasteiger partial charge is 0.220 e. The molecular formula is C21H23FN2O3. The minimum atomic E-state index is -0.263. The summed E-state index contributed by atoms with van der Waals surface area (Å²) in [5.74, 6) is 1.04. The van der Waals surface area contributed by atoms with Crippen molar-refractivity contribution in [2.45, 2.75) is 19.4 Å². The number of nitrogens with one attached hydrogen (secondary N) is 1. The lowest BCUT2D eigenvalue weighted by atomic mass is 10.1. The fourth-order valence-electron chi connectivity index (χ4n) is 3.05. The second-order valence-corrected chi connectivity index (χ2v) is 6.25. The summed E-state index contributed by atoms with van der Waals surface area (Å²) in [6.45, 7) is 1.08. The summed E-state index contributed by atoms with van der Waals surface area (Å²) in [6, 6.07) is 12.3. The van der Waals surface area contributed by atoms with Crippen LogP contribution in [-0.2, 0) is 17.8 Å². The van der Waals surface area contributed by atoms with Gasteiger partial charge in [0.05, 0.1) is 19.7 Å². The van der Waals surface area contributed by atoms with Gasteiger partial charge in [-0.05, 0) is 53.8 Å². The quantitative estimate of drug-likeness (QED) is 0.660. The monoisotopic (exact) mass is 370 g/mol. The predicted octanol–water partition coefficient (Wildman–Crippen LogP) is 3.55. The van der Waals surface area contributed by atoms with Gasteiger partial charge in [0.2, 0.25) is 5.91 Å². The van der Waals surface area contributed by atoms with Gasteiger partial charge in [-0.1, -0.05) is 6.07 Å². The Balaban J connectivity index is 1.49. The molecule has 1 N–H and O–H groups in total. The molecule has 2 aromatic carbocycles. The Hall–Kier alpha value is -3.02. The largest absolute Gasteiger partial charge is 0.493 e. The summed E-state index contributed by atoms with van der Waals surface area (Å²) in [5.41, 5.74) is 1.84. The highest BCUT2D eigenvalue weighted by Gasteiger charge is 2.07. The van der Waals surface area contributed by atoms with Crippen molar-refractivity contribution in [2.75, 3.05) is 20.8 Å². The SMILES string of the molecule is COc1ccc(CCC(=O)NCCn2ccc3ccc(F)cc32)cc1OC. The van der Waals surface area contributed by atoms with E-state index in [0.29, 0.717) is 37.4 Å². The van der Waals surface area contributed by atoms with Gasteiger partial charge in [-0.3, -0.25) is 4.79 Å². The molecule has 0 aliphatic rings. The zero-order valence-electron chi connectivity index (χ0n) is 15.5. The van der Waals surface area contributed by atoms with Crippen LogP contribution < -0.4 is 14.8 Å². The fraction of sp³-hybridized carbons (Fsp3) is 0.286. The first-order valence-electron chi connectivity index (χ1n) is 8.82. The Kier molecular flexibility index (Phi) is 5.96. The minimum Gasteiger partial charge on any atom is -0.493 e. The molecule has 0 radical (unpaired) electrons. The average molecular weight is 370 g/mol. The number of aryl methyl sites for hydroxylation is 1. The molecule has 0 spiro atoms. The van der Waals surface area contributed by atoms with Crippen molar-refractivity contribution in [3.05, 3.63) is 60.0 Å². The number of halogens is 1. The van der Waals surface area contributed by atoms with Gasteiger partial charge in [0, 0.05) is 25.7 Å². The van der Waals surface area contributed by atoms with E-state index in [0.717, 1.165) is 16.5 Å². The number of rotatable bonds is 8. The minimum absolute atomic E-state index is 0.0209. The molecule has 1 heterocycles. The van der Waals surface area contributed by atoms with Gasteiger partial charge in [-0.15, -0.1) is 0 Å². The topological polar surface area (TPSA) is 52.5 Å². The normalized spacial score (nSPS) is 10.8. The van der Waals surface area contributed by atoms with Crippen LogP contribution in [0.15, 0.2) is 48.7 Å². The van der Waals surface area contributed by atoms with Crippen molar-refractivity contribution in [2.24, 2.45) is 0 Å². The average Bonchev–Trinajstić information content (AvgIpc) is 3.08. The number of amides is 1. The molecule has 0 fully saturated rings. The summed E-state index contributed by atoms with van der Waals surface area (Å²) in [7, 11) is 3.18. The molecule has 3 rings (SSSR count). The Morgan fingerprint density at radius 3 is 2.67 bits per heavy atom. The van der Waals surface area contributed by atoms with Gasteiger partial charge in [0.15, 0.2) is 11.5 Å². The van der Waals surface area contributed by atoms with E-state index in [4.69, 9.17) is 9.47 Å². The number of methoxy groups -OCH3 is 2. The van der Waals surface area contributed by atoms with Crippen LogP contribution in [0.5, 0.6) is 11.5 Å². The third-order valence-electron chi connectivity index (χ3n) is 4.50. The molecule has 0 bridgehead atoms. The first-order chi connectivity index (χ1) is 13.1. The van der Waals surface area contributed by atoms with Crippen molar-refractivity contribution in [1.29, 1.82) is 0 Å². The first kappa shape index (κ1) is 18.8. The molecule has 0 aliphatic heterocycles. The van der Waals surface area contributed by atoms with E-state index in [1.807, 2.05) is 35.0 Å². The predicted molar refractivity (Wildman–Crippen MR) is 103 cm³/mol. The van der Waals surface area contributed by atoms with E-state index < -0.39 is 0 Å². The summed E-state index contributed by atoms with van der Waals surface area (Å²) >= 11 is 0.